The zero-order chi connectivity index (χ0) is 25.6. The van der Waals surface area contributed by atoms with Gasteiger partial charge in [-0.25, -0.2) is 0 Å². The number of carbonyl (C=O) groups is 2. The van der Waals surface area contributed by atoms with Crippen molar-refractivity contribution >= 4 is 17.5 Å². The number of fused-ring (bicyclic) bond motifs is 1. The quantitative estimate of drug-likeness (QED) is 0.563. The van der Waals surface area contributed by atoms with Crippen LogP contribution < -0.4 is 24.3 Å². The fourth-order valence-electron chi connectivity index (χ4n) is 5.60. The van der Waals surface area contributed by atoms with Crippen molar-refractivity contribution in [1.29, 1.82) is 0 Å². The Hall–Kier alpha value is -3.72. The first-order valence-electron chi connectivity index (χ1n) is 11.8. The SMILES string of the molecule is COc1ccc([C@@H](C)N2C[C@@]34C=C[C@@H](O3)[C@@H](C(=O)Nc3cc(OC)c(OC)c(OC)c3)[C@H]4C2=O)cc1. The minimum absolute atomic E-state index is 0.0878. The van der Waals surface area contributed by atoms with E-state index < -0.39 is 23.5 Å². The monoisotopic (exact) mass is 494 g/mol. The van der Waals surface area contributed by atoms with E-state index >= 15 is 0 Å². The van der Waals surface area contributed by atoms with Crippen LogP contribution >= 0.6 is 0 Å². The van der Waals surface area contributed by atoms with E-state index in [1.165, 1.54) is 21.3 Å². The predicted molar refractivity (Wildman–Crippen MR) is 132 cm³/mol. The highest BCUT2D eigenvalue weighted by molar-refractivity contribution is 5.99. The summed E-state index contributed by atoms with van der Waals surface area (Å²) < 4.78 is 27.7. The maximum absolute atomic E-state index is 13.7. The number of anilines is 1. The molecular formula is C27H30N2O7. The Morgan fingerprint density at radius 3 is 2.31 bits per heavy atom. The number of methoxy groups -OCH3 is 4. The number of nitrogens with one attached hydrogen (secondary N) is 1. The summed E-state index contributed by atoms with van der Waals surface area (Å²) in [6.07, 6.45) is 3.38. The number of rotatable bonds is 8. The highest BCUT2D eigenvalue weighted by Crippen LogP contribution is 2.53. The third-order valence-electron chi connectivity index (χ3n) is 7.43. The van der Waals surface area contributed by atoms with Gasteiger partial charge in [0.1, 0.15) is 11.4 Å². The molecule has 36 heavy (non-hydrogen) atoms. The molecule has 3 aliphatic heterocycles. The van der Waals surface area contributed by atoms with E-state index in [2.05, 4.69) is 5.32 Å². The van der Waals surface area contributed by atoms with Crippen molar-refractivity contribution in [1.82, 2.24) is 4.90 Å². The minimum atomic E-state index is -0.806. The Balaban J connectivity index is 1.39. The Morgan fingerprint density at radius 2 is 1.72 bits per heavy atom. The van der Waals surface area contributed by atoms with Crippen molar-refractivity contribution in [2.45, 2.75) is 24.7 Å². The highest BCUT2D eigenvalue weighted by Gasteiger charge is 2.67. The van der Waals surface area contributed by atoms with Crippen LogP contribution in [0.4, 0.5) is 5.69 Å². The molecule has 3 aliphatic rings. The van der Waals surface area contributed by atoms with Crippen LogP contribution in [0.2, 0.25) is 0 Å². The van der Waals surface area contributed by atoms with Gasteiger partial charge in [0.15, 0.2) is 11.5 Å². The lowest BCUT2D eigenvalue weighted by atomic mass is 9.76. The van der Waals surface area contributed by atoms with Gasteiger partial charge in [0, 0.05) is 17.8 Å². The third-order valence-corrected chi connectivity index (χ3v) is 7.43. The molecule has 9 nitrogen and oxygen atoms in total. The summed E-state index contributed by atoms with van der Waals surface area (Å²) in [4.78, 5) is 29.1. The number of hydrogen-bond acceptors (Lipinski definition) is 7. The second-order valence-electron chi connectivity index (χ2n) is 9.22. The fourth-order valence-corrected chi connectivity index (χ4v) is 5.60. The van der Waals surface area contributed by atoms with Crippen LogP contribution in [0.25, 0.3) is 0 Å². The van der Waals surface area contributed by atoms with Crippen molar-refractivity contribution in [3.8, 4) is 23.0 Å². The predicted octanol–water partition coefficient (Wildman–Crippen LogP) is 3.20. The second kappa shape index (κ2) is 9.05. The van der Waals surface area contributed by atoms with Gasteiger partial charge in [0.2, 0.25) is 17.6 Å². The summed E-state index contributed by atoms with van der Waals surface area (Å²) in [6.45, 7) is 2.38. The zero-order valence-corrected chi connectivity index (χ0v) is 20.9. The zero-order valence-electron chi connectivity index (χ0n) is 20.9. The molecule has 2 aromatic rings. The van der Waals surface area contributed by atoms with Crippen molar-refractivity contribution in [3.63, 3.8) is 0 Å². The molecule has 2 saturated heterocycles. The highest BCUT2D eigenvalue weighted by atomic mass is 16.5. The molecule has 5 rings (SSSR count). The van der Waals surface area contributed by atoms with Crippen LogP contribution in [-0.2, 0) is 14.3 Å². The average Bonchev–Trinajstić information content (AvgIpc) is 3.55. The molecule has 2 bridgehead atoms. The van der Waals surface area contributed by atoms with Crippen LogP contribution in [0, 0.1) is 11.8 Å². The summed E-state index contributed by atoms with van der Waals surface area (Å²) in [6, 6.07) is 10.8. The number of hydrogen-bond donors (Lipinski definition) is 1. The van der Waals surface area contributed by atoms with E-state index in [4.69, 9.17) is 23.7 Å². The minimum Gasteiger partial charge on any atom is -0.497 e. The molecule has 3 heterocycles. The average molecular weight is 495 g/mol. The van der Waals surface area contributed by atoms with Crippen molar-refractivity contribution in [2.75, 3.05) is 40.3 Å². The van der Waals surface area contributed by atoms with E-state index in [-0.39, 0.29) is 17.9 Å². The van der Waals surface area contributed by atoms with E-state index in [9.17, 15) is 9.59 Å². The molecule has 0 aromatic heterocycles. The Morgan fingerprint density at radius 1 is 1.06 bits per heavy atom. The van der Waals surface area contributed by atoms with Crippen molar-refractivity contribution in [2.24, 2.45) is 11.8 Å². The summed E-state index contributed by atoms with van der Waals surface area (Å²) in [5.74, 6) is 0.381. The number of benzene rings is 2. The molecule has 0 saturated carbocycles. The molecule has 1 N–H and O–H groups in total. The van der Waals surface area contributed by atoms with Gasteiger partial charge in [-0.15, -0.1) is 0 Å². The lowest BCUT2D eigenvalue weighted by molar-refractivity contribution is -0.137. The standard InChI is InChI=1S/C27H30N2O7/c1-15(16-6-8-18(32-2)9-7-16)29-14-27-11-10-19(36-27)22(23(27)26(29)31)25(30)28-17-12-20(33-3)24(35-5)21(13-17)34-4/h6-13,15,19,22-23H,14H2,1-5H3,(H,28,30)/t15-,19-,22-,23+,27-/m1/s1. The number of likely N-dealkylation sites (tertiary alicyclic amines) is 1. The smallest absolute Gasteiger partial charge is 0.231 e. The maximum Gasteiger partial charge on any atom is 0.231 e. The molecular weight excluding hydrogens is 464 g/mol. The third kappa shape index (κ3) is 3.65. The first-order chi connectivity index (χ1) is 17.4. The number of ether oxygens (including phenoxy) is 5. The second-order valence-corrected chi connectivity index (χ2v) is 9.22. The summed E-state index contributed by atoms with van der Waals surface area (Å²) in [5.41, 5.74) is 0.654. The normalized spacial score (nSPS) is 26.5. The van der Waals surface area contributed by atoms with Crippen LogP contribution in [-0.4, -0.2) is 63.4 Å². The molecule has 1 spiro atoms. The number of nitrogens with zero attached hydrogens (tertiary/aromatic N) is 1. The van der Waals surface area contributed by atoms with Gasteiger partial charge in [-0.3, -0.25) is 9.59 Å². The molecule has 2 amide bonds. The maximum atomic E-state index is 13.7. The van der Waals surface area contributed by atoms with Crippen LogP contribution in [0.5, 0.6) is 23.0 Å². The van der Waals surface area contributed by atoms with Gasteiger partial charge in [-0.1, -0.05) is 24.3 Å². The lowest BCUT2D eigenvalue weighted by Gasteiger charge is -2.28. The van der Waals surface area contributed by atoms with Crippen LogP contribution in [0.3, 0.4) is 0 Å². The number of carbonyl (C=O) groups excluding carboxylic acids is 2. The van der Waals surface area contributed by atoms with E-state index in [0.717, 1.165) is 11.3 Å². The van der Waals surface area contributed by atoms with Crippen LogP contribution in [0.15, 0.2) is 48.6 Å². The van der Waals surface area contributed by atoms with Gasteiger partial charge < -0.3 is 33.9 Å². The molecule has 0 unspecified atom stereocenters. The summed E-state index contributed by atoms with van der Waals surface area (Å²) >= 11 is 0. The lowest BCUT2D eigenvalue weighted by Crippen LogP contribution is -2.41. The summed E-state index contributed by atoms with van der Waals surface area (Å²) in [7, 11) is 6.15. The Kier molecular flexibility index (Phi) is 6.04. The Labute approximate surface area is 209 Å². The molecule has 190 valence electrons. The van der Waals surface area contributed by atoms with Gasteiger partial charge in [0.05, 0.1) is 59.0 Å². The van der Waals surface area contributed by atoms with Gasteiger partial charge >= 0.3 is 0 Å². The van der Waals surface area contributed by atoms with Crippen LogP contribution in [0.1, 0.15) is 18.5 Å². The largest absolute Gasteiger partial charge is 0.497 e. The molecule has 2 aromatic carbocycles. The van der Waals surface area contributed by atoms with Crippen molar-refractivity contribution in [3.05, 3.63) is 54.1 Å². The van der Waals surface area contributed by atoms with E-state index in [1.54, 1.807) is 24.1 Å². The molecule has 0 radical (unpaired) electrons. The van der Waals surface area contributed by atoms with E-state index in [0.29, 0.717) is 29.5 Å². The topological polar surface area (TPSA) is 95.6 Å². The van der Waals surface area contributed by atoms with Gasteiger partial charge in [0.25, 0.3) is 0 Å². The number of amides is 2. The van der Waals surface area contributed by atoms with Gasteiger partial charge in [-0.05, 0) is 24.6 Å². The molecule has 0 aliphatic carbocycles. The fraction of sp³-hybridized carbons (Fsp3) is 0.407. The molecule has 5 atom stereocenters. The van der Waals surface area contributed by atoms with Crippen molar-refractivity contribution < 1.29 is 33.3 Å². The first-order valence-corrected chi connectivity index (χ1v) is 11.8. The Bertz CT molecular complexity index is 1190. The summed E-state index contributed by atoms with van der Waals surface area (Å²) in [5, 5.41) is 2.93. The van der Waals surface area contributed by atoms with Gasteiger partial charge in [-0.2, -0.15) is 0 Å². The molecule has 2 fully saturated rings. The first kappa shape index (κ1) is 24.0. The van der Waals surface area contributed by atoms with E-state index in [1.807, 2.05) is 43.3 Å². The molecule has 9 heteroatoms.